The van der Waals surface area contributed by atoms with Crippen LogP contribution in [-0.4, -0.2) is 42.9 Å². The molecule has 0 aromatic rings. The van der Waals surface area contributed by atoms with Gasteiger partial charge in [-0.15, -0.1) is 0 Å². The van der Waals surface area contributed by atoms with Gasteiger partial charge in [-0.1, -0.05) is 58.3 Å². The number of primary amides is 1. The molecule has 0 aliphatic heterocycles. The van der Waals surface area contributed by atoms with Gasteiger partial charge in [-0.25, -0.2) is 0 Å². The van der Waals surface area contributed by atoms with Gasteiger partial charge in [0.25, 0.3) is 0 Å². The molecule has 0 aliphatic rings. The molecule has 0 rings (SSSR count). The number of carbonyl (C=O) groups is 3. The number of nitrogens with two attached hydrogens (primary N) is 3. The molecule has 3 amide bonds. The highest BCUT2D eigenvalue weighted by molar-refractivity contribution is 5.91. The number of rotatable bonds is 20. The van der Waals surface area contributed by atoms with E-state index in [-0.39, 0.29) is 5.91 Å². The van der Waals surface area contributed by atoms with Crippen molar-refractivity contribution in [2.24, 2.45) is 17.2 Å². The maximum Gasteiger partial charge on any atom is 0.243 e. The summed E-state index contributed by atoms with van der Waals surface area (Å²) in [4.78, 5) is 36.4. The topological polar surface area (TPSA) is 153 Å². The van der Waals surface area contributed by atoms with Crippen molar-refractivity contribution in [3.63, 3.8) is 0 Å². The Morgan fingerprint density at radius 3 is 1.70 bits per heavy atom. The summed E-state index contributed by atoms with van der Waals surface area (Å²) < 4.78 is 0. The molecule has 30 heavy (non-hydrogen) atoms. The summed E-state index contributed by atoms with van der Waals surface area (Å²) in [5.74, 6) is -1.15. The Morgan fingerprint density at radius 2 is 1.20 bits per heavy atom. The van der Waals surface area contributed by atoms with Crippen molar-refractivity contribution < 1.29 is 14.4 Å². The third kappa shape index (κ3) is 15.2. The maximum atomic E-state index is 12.6. The molecule has 0 heterocycles. The van der Waals surface area contributed by atoms with E-state index in [1.807, 2.05) is 0 Å². The summed E-state index contributed by atoms with van der Waals surface area (Å²) >= 11 is 0. The average molecular weight is 428 g/mol. The molecule has 0 aromatic heterocycles. The minimum Gasteiger partial charge on any atom is -0.368 e. The molecule has 0 aromatic carbocycles. The highest BCUT2D eigenvalue weighted by Crippen LogP contribution is 2.10. The molecule has 0 fully saturated rings. The van der Waals surface area contributed by atoms with Crippen LogP contribution in [0.5, 0.6) is 0 Å². The monoisotopic (exact) mass is 427 g/mol. The lowest BCUT2D eigenvalue weighted by molar-refractivity contribution is -0.131. The predicted molar refractivity (Wildman–Crippen MR) is 121 cm³/mol. The third-order valence-corrected chi connectivity index (χ3v) is 5.21. The fourth-order valence-corrected chi connectivity index (χ4v) is 3.33. The highest BCUT2D eigenvalue weighted by Gasteiger charge is 2.24. The summed E-state index contributed by atoms with van der Waals surface area (Å²) in [5, 5.41) is 5.44. The first-order chi connectivity index (χ1) is 14.5. The number of hydrogen-bond acceptors (Lipinski definition) is 5. The van der Waals surface area contributed by atoms with Crippen molar-refractivity contribution in [2.45, 2.75) is 109 Å². The number of nitrogens with one attached hydrogen (secondary N) is 2. The first-order valence-corrected chi connectivity index (χ1v) is 11.7. The van der Waals surface area contributed by atoms with Gasteiger partial charge in [0.2, 0.25) is 17.7 Å². The molecule has 0 spiro atoms. The van der Waals surface area contributed by atoms with Crippen LogP contribution in [0.3, 0.4) is 0 Å². The number of hydrogen-bond donors (Lipinski definition) is 5. The summed E-state index contributed by atoms with van der Waals surface area (Å²) in [6.45, 7) is 3.04. The Morgan fingerprint density at radius 1 is 0.700 bits per heavy atom. The number of carbonyl (C=O) groups excluding carboxylic acids is 3. The van der Waals surface area contributed by atoms with Gasteiger partial charge in [-0.3, -0.25) is 14.4 Å². The largest absolute Gasteiger partial charge is 0.368 e. The standard InChI is InChI=1S/C22H45N5O3/c1-2-3-4-5-6-7-8-9-10-15-20(28)26-19(14-12-17-24)22(30)27-18(21(25)29)13-11-16-23/h18-19H,2-17,23-24H2,1H3,(H2,25,29)(H,26,28)(H,27,30). The Kier molecular flexibility index (Phi) is 18.2. The molecule has 2 unspecified atom stereocenters. The Hall–Kier alpha value is -1.67. The second-order valence-electron chi connectivity index (χ2n) is 8.02. The smallest absolute Gasteiger partial charge is 0.243 e. The van der Waals surface area contributed by atoms with E-state index in [4.69, 9.17) is 17.2 Å². The van der Waals surface area contributed by atoms with E-state index in [0.29, 0.717) is 45.2 Å². The van der Waals surface area contributed by atoms with Crippen LogP contribution in [0.15, 0.2) is 0 Å². The second-order valence-corrected chi connectivity index (χ2v) is 8.02. The fraction of sp³-hybridized carbons (Fsp3) is 0.864. The summed E-state index contributed by atoms with van der Waals surface area (Å²) in [7, 11) is 0. The Bertz CT molecular complexity index is 474. The Balaban J connectivity index is 4.31. The Labute approximate surface area is 182 Å². The molecule has 0 radical (unpaired) electrons. The quantitative estimate of drug-likeness (QED) is 0.188. The van der Waals surface area contributed by atoms with Crippen LogP contribution in [0.2, 0.25) is 0 Å². The van der Waals surface area contributed by atoms with Crippen molar-refractivity contribution in [1.29, 1.82) is 0 Å². The van der Waals surface area contributed by atoms with Crippen molar-refractivity contribution in [1.82, 2.24) is 10.6 Å². The number of unbranched alkanes of at least 4 members (excludes halogenated alkanes) is 8. The van der Waals surface area contributed by atoms with E-state index in [0.717, 1.165) is 19.3 Å². The van der Waals surface area contributed by atoms with Gasteiger partial charge in [-0.05, 0) is 45.2 Å². The zero-order valence-corrected chi connectivity index (χ0v) is 18.9. The van der Waals surface area contributed by atoms with E-state index in [1.165, 1.54) is 38.5 Å². The van der Waals surface area contributed by atoms with Gasteiger partial charge in [0.05, 0.1) is 0 Å². The summed E-state index contributed by atoms with van der Waals surface area (Å²) in [5.41, 5.74) is 16.4. The van der Waals surface area contributed by atoms with E-state index >= 15 is 0 Å². The minimum absolute atomic E-state index is 0.146. The average Bonchev–Trinajstić information content (AvgIpc) is 2.72. The molecule has 0 saturated heterocycles. The lowest BCUT2D eigenvalue weighted by Crippen LogP contribution is -2.53. The van der Waals surface area contributed by atoms with Gasteiger partial charge in [-0.2, -0.15) is 0 Å². The molecule has 2 atom stereocenters. The molecule has 0 bridgehead atoms. The zero-order chi connectivity index (χ0) is 22.6. The zero-order valence-electron chi connectivity index (χ0n) is 18.9. The van der Waals surface area contributed by atoms with Gasteiger partial charge in [0.1, 0.15) is 12.1 Å². The van der Waals surface area contributed by atoms with Crippen molar-refractivity contribution in [3.8, 4) is 0 Å². The minimum atomic E-state index is -0.782. The van der Waals surface area contributed by atoms with Crippen LogP contribution in [0.25, 0.3) is 0 Å². The van der Waals surface area contributed by atoms with Crippen LogP contribution in [-0.2, 0) is 14.4 Å². The lowest BCUT2D eigenvalue weighted by atomic mass is 10.1. The molecular weight excluding hydrogens is 382 g/mol. The predicted octanol–water partition coefficient (Wildman–Crippen LogP) is 1.84. The molecule has 8 N–H and O–H groups in total. The molecule has 0 aliphatic carbocycles. The lowest BCUT2D eigenvalue weighted by Gasteiger charge is -2.22. The van der Waals surface area contributed by atoms with Crippen molar-refractivity contribution >= 4 is 17.7 Å². The third-order valence-electron chi connectivity index (χ3n) is 5.21. The van der Waals surface area contributed by atoms with Crippen LogP contribution in [0, 0.1) is 0 Å². The van der Waals surface area contributed by atoms with Crippen molar-refractivity contribution in [3.05, 3.63) is 0 Å². The molecule has 8 nitrogen and oxygen atoms in total. The molecule has 8 heteroatoms. The van der Waals surface area contributed by atoms with Gasteiger partial charge >= 0.3 is 0 Å². The summed E-state index contributed by atoms with van der Waals surface area (Å²) in [6, 6.07) is -1.49. The van der Waals surface area contributed by atoms with E-state index in [1.54, 1.807) is 0 Å². The summed E-state index contributed by atoms with van der Waals surface area (Å²) in [6.07, 6.45) is 13.0. The van der Waals surface area contributed by atoms with E-state index in [9.17, 15) is 14.4 Å². The molecule has 176 valence electrons. The van der Waals surface area contributed by atoms with Gasteiger partial charge in [0, 0.05) is 6.42 Å². The first-order valence-electron chi connectivity index (χ1n) is 11.7. The normalized spacial score (nSPS) is 12.9. The molecule has 0 saturated carbocycles. The van der Waals surface area contributed by atoms with Crippen LogP contribution >= 0.6 is 0 Å². The van der Waals surface area contributed by atoms with E-state index in [2.05, 4.69) is 17.6 Å². The van der Waals surface area contributed by atoms with Crippen LogP contribution in [0.1, 0.15) is 96.8 Å². The fourth-order valence-electron chi connectivity index (χ4n) is 3.33. The van der Waals surface area contributed by atoms with Gasteiger partial charge < -0.3 is 27.8 Å². The number of amides is 3. The highest BCUT2D eigenvalue weighted by atomic mass is 16.2. The van der Waals surface area contributed by atoms with Crippen LogP contribution < -0.4 is 27.8 Å². The SMILES string of the molecule is CCCCCCCCCCCC(=O)NC(CCCN)C(=O)NC(CCCN)C(N)=O. The van der Waals surface area contributed by atoms with Gasteiger partial charge in [0.15, 0.2) is 0 Å². The first kappa shape index (κ1) is 28.3. The van der Waals surface area contributed by atoms with Crippen LogP contribution in [0.4, 0.5) is 0 Å². The maximum absolute atomic E-state index is 12.6. The van der Waals surface area contributed by atoms with E-state index < -0.39 is 23.9 Å². The van der Waals surface area contributed by atoms with Crippen molar-refractivity contribution in [2.75, 3.05) is 13.1 Å². The molecular formula is C22H45N5O3. The second kappa shape index (κ2) is 19.3.